The van der Waals surface area contributed by atoms with Crippen LogP contribution in [-0.2, 0) is 0 Å². The monoisotopic (exact) mass is 329 g/mol. The highest BCUT2D eigenvalue weighted by molar-refractivity contribution is 9.10. The third-order valence-corrected chi connectivity index (χ3v) is 3.95. The number of anilines is 1. The molecule has 0 atom stereocenters. The molecule has 0 radical (unpaired) electrons. The van der Waals surface area contributed by atoms with Gasteiger partial charge in [0.1, 0.15) is 0 Å². The molecule has 0 bridgehead atoms. The molecule has 2 N–H and O–H groups in total. The molecule has 0 saturated heterocycles. The van der Waals surface area contributed by atoms with E-state index in [1.165, 1.54) is 5.56 Å². The molecule has 0 fully saturated rings. The summed E-state index contributed by atoms with van der Waals surface area (Å²) in [5.74, 6) is 1.03. The summed E-state index contributed by atoms with van der Waals surface area (Å²) in [4.78, 5) is 4.41. The maximum Gasteiger partial charge on any atom is 0.205 e. The van der Waals surface area contributed by atoms with E-state index >= 15 is 0 Å². The lowest BCUT2D eigenvalue weighted by Crippen LogP contribution is -2.01. The fraction of sp³-hybridized carbons (Fsp3) is 0.188. The lowest BCUT2D eigenvalue weighted by atomic mass is 10.0. The Kier molecular flexibility index (Phi) is 3.26. The van der Waals surface area contributed by atoms with Crippen LogP contribution in [0.5, 0.6) is 0 Å². The van der Waals surface area contributed by atoms with Crippen molar-refractivity contribution in [2.24, 2.45) is 0 Å². The molecule has 0 unspecified atom stereocenters. The average molecular weight is 330 g/mol. The Labute approximate surface area is 126 Å². The summed E-state index contributed by atoms with van der Waals surface area (Å²) in [7, 11) is 0. The molecule has 3 nitrogen and oxygen atoms in total. The number of nitrogens with two attached hydrogens (primary N) is 1. The van der Waals surface area contributed by atoms with Gasteiger partial charge in [0.25, 0.3) is 0 Å². The van der Waals surface area contributed by atoms with Crippen molar-refractivity contribution < 1.29 is 0 Å². The van der Waals surface area contributed by atoms with E-state index in [0.29, 0.717) is 11.9 Å². The molecular formula is C16H16BrN3. The molecule has 1 aromatic heterocycles. The predicted molar refractivity (Wildman–Crippen MR) is 87.3 cm³/mol. The number of fused-ring (bicyclic) bond motifs is 1. The van der Waals surface area contributed by atoms with Crippen molar-refractivity contribution >= 4 is 32.9 Å². The minimum Gasteiger partial charge on any atom is -0.369 e. The number of halogens is 1. The zero-order valence-corrected chi connectivity index (χ0v) is 13.1. The SMILES string of the molecule is CC(C)c1ccc(-n2c(N)nc3ccc(Br)cc32)cc1. The third kappa shape index (κ3) is 2.20. The van der Waals surface area contributed by atoms with E-state index in [9.17, 15) is 0 Å². The molecule has 3 aromatic rings. The Bertz CT molecular complexity index is 757. The van der Waals surface area contributed by atoms with Crippen molar-refractivity contribution in [2.75, 3.05) is 5.73 Å². The molecule has 3 rings (SSSR count). The number of benzene rings is 2. The highest BCUT2D eigenvalue weighted by Gasteiger charge is 2.10. The lowest BCUT2D eigenvalue weighted by Gasteiger charge is -2.09. The standard InChI is InChI=1S/C16H16BrN3/c1-10(2)11-3-6-13(7-4-11)20-15-9-12(17)5-8-14(15)19-16(20)18/h3-10H,1-2H3,(H2,18,19). The van der Waals surface area contributed by atoms with Gasteiger partial charge in [-0.1, -0.05) is 41.9 Å². The van der Waals surface area contributed by atoms with Crippen LogP contribution in [0.1, 0.15) is 25.3 Å². The molecule has 2 aromatic carbocycles. The second-order valence-electron chi connectivity index (χ2n) is 5.18. The second kappa shape index (κ2) is 4.94. The van der Waals surface area contributed by atoms with Crippen LogP contribution in [0, 0.1) is 0 Å². The van der Waals surface area contributed by atoms with Gasteiger partial charge in [0.2, 0.25) is 5.95 Å². The molecule has 4 heteroatoms. The Hall–Kier alpha value is -1.81. The Balaban J connectivity index is 2.18. The van der Waals surface area contributed by atoms with Gasteiger partial charge in [-0.2, -0.15) is 0 Å². The zero-order valence-electron chi connectivity index (χ0n) is 11.5. The average Bonchev–Trinajstić information content (AvgIpc) is 2.74. The molecule has 0 aliphatic heterocycles. The van der Waals surface area contributed by atoms with E-state index < -0.39 is 0 Å². The Morgan fingerprint density at radius 1 is 1.10 bits per heavy atom. The molecule has 1 heterocycles. The summed E-state index contributed by atoms with van der Waals surface area (Å²) in [6, 6.07) is 14.4. The highest BCUT2D eigenvalue weighted by atomic mass is 79.9. The van der Waals surface area contributed by atoms with Crippen LogP contribution in [-0.4, -0.2) is 9.55 Å². The predicted octanol–water partition coefficient (Wildman–Crippen LogP) is 4.49. The third-order valence-electron chi connectivity index (χ3n) is 3.46. The van der Waals surface area contributed by atoms with E-state index in [4.69, 9.17) is 5.73 Å². The van der Waals surface area contributed by atoms with Crippen molar-refractivity contribution in [3.63, 3.8) is 0 Å². The summed E-state index contributed by atoms with van der Waals surface area (Å²) in [6.07, 6.45) is 0. The maximum absolute atomic E-state index is 6.07. The summed E-state index contributed by atoms with van der Waals surface area (Å²) in [6.45, 7) is 4.38. The molecule has 102 valence electrons. The van der Waals surface area contributed by atoms with Crippen LogP contribution in [0.4, 0.5) is 5.95 Å². The molecule has 0 amide bonds. The lowest BCUT2D eigenvalue weighted by molar-refractivity contribution is 0.865. The normalized spacial score (nSPS) is 11.4. The molecule has 0 saturated carbocycles. The van der Waals surface area contributed by atoms with E-state index in [0.717, 1.165) is 21.2 Å². The van der Waals surface area contributed by atoms with Gasteiger partial charge in [-0.15, -0.1) is 0 Å². The van der Waals surface area contributed by atoms with Crippen molar-refractivity contribution in [1.29, 1.82) is 0 Å². The van der Waals surface area contributed by atoms with Gasteiger partial charge in [-0.05, 0) is 41.8 Å². The number of hydrogen-bond acceptors (Lipinski definition) is 2. The minimum atomic E-state index is 0.510. The number of nitrogens with zero attached hydrogens (tertiary/aromatic N) is 2. The van der Waals surface area contributed by atoms with Crippen LogP contribution in [0.2, 0.25) is 0 Å². The number of imidazole rings is 1. The van der Waals surface area contributed by atoms with Gasteiger partial charge in [-0.25, -0.2) is 4.98 Å². The van der Waals surface area contributed by atoms with Gasteiger partial charge in [-0.3, -0.25) is 4.57 Å². The summed E-state index contributed by atoms with van der Waals surface area (Å²) >= 11 is 3.50. The van der Waals surface area contributed by atoms with Gasteiger partial charge in [0, 0.05) is 10.2 Å². The molecular weight excluding hydrogens is 314 g/mol. The zero-order chi connectivity index (χ0) is 14.3. The maximum atomic E-state index is 6.07. The van der Waals surface area contributed by atoms with Crippen LogP contribution >= 0.6 is 15.9 Å². The second-order valence-corrected chi connectivity index (χ2v) is 6.10. The first-order chi connectivity index (χ1) is 9.56. The van der Waals surface area contributed by atoms with Crippen molar-refractivity contribution in [1.82, 2.24) is 9.55 Å². The Morgan fingerprint density at radius 3 is 2.45 bits per heavy atom. The fourth-order valence-corrected chi connectivity index (χ4v) is 2.70. The van der Waals surface area contributed by atoms with E-state index in [1.807, 2.05) is 22.8 Å². The molecule has 0 aliphatic rings. The fourth-order valence-electron chi connectivity index (χ4n) is 2.35. The summed E-state index contributed by atoms with van der Waals surface area (Å²) in [5, 5.41) is 0. The van der Waals surface area contributed by atoms with Crippen LogP contribution in [0.15, 0.2) is 46.9 Å². The molecule has 20 heavy (non-hydrogen) atoms. The molecule has 0 spiro atoms. The first-order valence-corrected chi connectivity index (χ1v) is 7.39. The topological polar surface area (TPSA) is 43.8 Å². The Morgan fingerprint density at radius 2 is 1.80 bits per heavy atom. The van der Waals surface area contributed by atoms with Crippen molar-refractivity contribution in [2.45, 2.75) is 19.8 Å². The number of nitrogen functional groups attached to an aromatic ring is 1. The van der Waals surface area contributed by atoms with Gasteiger partial charge in [0.15, 0.2) is 0 Å². The number of aromatic nitrogens is 2. The smallest absolute Gasteiger partial charge is 0.205 e. The van der Waals surface area contributed by atoms with Crippen LogP contribution < -0.4 is 5.73 Å². The van der Waals surface area contributed by atoms with Gasteiger partial charge < -0.3 is 5.73 Å². The highest BCUT2D eigenvalue weighted by Crippen LogP contribution is 2.26. The summed E-state index contributed by atoms with van der Waals surface area (Å²) in [5.41, 5.74) is 10.3. The van der Waals surface area contributed by atoms with E-state index in [1.54, 1.807) is 0 Å². The summed E-state index contributed by atoms with van der Waals surface area (Å²) < 4.78 is 2.99. The van der Waals surface area contributed by atoms with Crippen molar-refractivity contribution in [3.05, 3.63) is 52.5 Å². The quantitative estimate of drug-likeness (QED) is 0.752. The van der Waals surface area contributed by atoms with Crippen LogP contribution in [0.25, 0.3) is 16.7 Å². The molecule has 0 aliphatic carbocycles. The number of rotatable bonds is 2. The van der Waals surface area contributed by atoms with Crippen molar-refractivity contribution in [3.8, 4) is 5.69 Å². The number of hydrogen-bond donors (Lipinski definition) is 1. The van der Waals surface area contributed by atoms with E-state index in [2.05, 4.69) is 59.0 Å². The minimum absolute atomic E-state index is 0.510. The van der Waals surface area contributed by atoms with E-state index in [-0.39, 0.29) is 0 Å². The van der Waals surface area contributed by atoms with Gasteiger partial charge in [0.05, 0.1) is 11.0 Å². The van der Waals surface area contributed by atoms with Gasteiger partial charge >= 0.3 is 0 Å². The largest absolute Gasteiger partial charge is 0.369 e. The van der Waals surface area contributed by atoms with Crippen LogP contribution in [0.3, 0.4) is 0 Å². The first-order valence-electron chi connectivity index (χ1n) is 6.60. The first kappa shape index (κ1) is 13.2.